The predicted molar refractivity (Wildman–Crippen MR) is 72.2 cm³/mol. The minimum absolute atomic E-state index is 0.0760. The van der Waals surface area contributed by atoms with Crippen LogP contribution in [0.25, 0.3) is 0 Å². The number of hydrogen-bond acceptors (Lipinski definition) is 3. The summed E-state index contributed by atoms with van der Waals surface area (Å²) >= 11 is 11.2. The summed E-state index contributed by atoms with van der Waals surface area (Å²) in [6, 6.07) is 8.89. The molecule has 0 radical (unpaired) electrons. The molecule has 1 aromatic rings. The fraction of sp³-hybridized carbons (Fsp3) is 0.417. The van der Waals surface area contributed by atoms with Crippen molar-refractivity contribution in [1.82, 2.24) is 0 Å². The first-order chi connectivity index (χ1) is 8.56. The van der Waals surface area contributed by atoms with Crippen molar-refractivity contribution in [2.75, 3.05) is 25.2 Å². The standard InChI is InChI=1S/C12H15Cl2NO3/c1-18-8-10(16)7-15(12(17)11(13)14)9-5-3-2-4-6-9/h2-6,10-11,16H,7-8H2,1H3. The first-order valence-corrected chi connectivity index (χ1v) is 6.25. The van der Waals surface area contributed by atoms with Crippen LogP contribution in [0.15, 0.2) is 30.3 Å². The molecule has 1 unspecified atom stereocenters. The van der Waals surface area contributed by atoms with E-state index in [1.165, 1.54) is 12.0 Å². The van der Waals surface area contributed by atoms with Gasteiger partial charge in [0.2, 0.25) is 0 Å². The van der Waals surface area contributed by atoms with E-state index in [4.69, 9.17) is 27.9 Å². The minimum atomic E-state index is -1.17. The van der Waals surface area contributed by atoms with Crippen LogP contribution in [-0.4, -0.2) is 42.2 Å². The van der Waals surface area contributed by atoms with Crippen molar-refractivity contribution >= 4 is 34.8 Å². The molecule has 1 atom stereocenters. The molecule has 0 saturated heterocycles. The Morgan fingerprint density at radius 2 is 2.00 bits per heavy atom. The van der Waals surface area contributed by atoms with Gasteiger partial charge in [-0.2, -0.15) is 0 Å². The highest BCUT2D eigenvalue weighted by atomic mass is 35.5. The molecule has 1 N–H and O–H groups in total. The van der Waals surface area contributed by atoms with Gasteiger partial charge < -0.3 is 14.7 Å². The second-order valence-corrected chi connectivity index (χ2v) is 4.79. The lowest BCUT2D eigenvalue weighted by Gasteiger charge is -2.25. The normalized spacial score (nSPS) is 12.5. The maximum absolute atomic E-state index is 11.9. The molecule has 4 nitrogen and oxygen atoms in total. The Kier molecular flexibility index (Phi) is 6.43. The van der Waals surface area contributed by atoms with Crippen molar-refractivity contribution < 1.29 is 14.6 Å². The second kappa shape index (κ2) is 7.59. The number of methoxy groups -OCH3 is 1. The highest BCUT2D eigenvalue weighted by Crippen LogP contribution is 2.18. The highest BCUT2D eigenvalue weighted by Gasteiger charge is 2.24. The molecule has 0 heterocycles. The van der Waals surface area contributed by atoms with Crippen LogP contribution in [0.2, 0.25) is 0 Å². The quantitative estimate of drug-likeness (QED) is 0.814. The Balaban J connectivity index is 2.86. The van der Waals surface area contributed by atoms with Crippen molar-refractivity contribution in [3.8, 4) is 0 Å². The molecular weight excluding hydrogens is 277 g/mol. The van der Waals surface area contributed by atoms with Gasteiger partial charge in [0.25, 0.3) is 5.91 Å². The van der Waals surface area contributed by atoms with Gasteiger partial charge in [0.15, 0.2) is 4.84 Å². The fourth-order valence-electron chi connectivity index (χ4n) is 1.50. The van der Waals surface area contributed by atoms with Gasteiger partial charge in [-0.1, -0.05) is 41.4 Å². The van der Waals surface area contributed by atoms with Gasteiger partial charge in [-0.05, 0) is 12.1 Å². The summed E-state index contributed by atoms with van der Waals surface area (Å²) in [6.07, 6.45) is -0.800. The Morgan fingerprint density at radius 3 is 2.50 bits per heavy atom. The lowest BCUT2D eigenvalue weighted by Crippen LogP contribution is -2.41. The minimum Gasteiger partial charge on any atom is -0.389 e. The largest absolute Gasteiger partial charge is 0.389 e. The zero-order valence-corrected chi connectivity index (χ0v) is 11.4. The van der Waals surface area contributed by atoms with Crippen LogP contribution in [0, 0.1) is 0 Å². The van der Waals surface area contributed by atoms with Crippen molar-refractivity contribution in [1.29, 1.82) is 0 Å². The molecule has 1 aromatic carbocycles. The summed E-state index contributed by atoms with van der Waals surface area (Å²) in [5.41, 5.74) is 0.629. The van der Waals surface area contributed by atoms with Gasteiger partial charge >= 0.3 is 0 Å². The number of anilines is 1. The van der Waals surface area contributed by atoms with Crippen LogP contribution in [0.1, 0.15) is 0 Å². The van der Waals surface area contributed by atoms with E-state index in [-0.39, 0.29) is 13.2 Å². The van der Waals surface area contributed by atoms with E-state index in [1.54, 1.807) is 24.3 Å². The van der Waals surface area contributed by atoms with E-state index < -0.39 is 16.8 Å². The number of nitrogens with zero attached hydrogens (tertiary/aromatic N) is 1. The SMILES string of the molecule is COCC(O)CN(C(=O)C(Cl)Cl)c1ccccc1. The average molecular weight is 292 g/mol. The number of ether oxygens (including phenoxy) is 1. The molecule has 0 bridgehead atoms. The Bertz CT molecular complexity index is 373. The molecule has 18 heavy (non-hydrogen) atoms. The van der Waals surface area contributed by atoms with Gasteiger partial charge in [-0.25, -0.2) is 0 Å². The smallest absolute Gasteiger partial charge is 0.260 e. The molecule has 0 spiro atoms. The van der Waals surface area contributed by atoms with E-state index in [1.807, 2.05) is 6.07 Å². The molecular formula is C12H15Cl2NO3. The molecule has 0 fully saturated rings. The van der Waals surface area contributed by atoms with E-state index in [0.29, 0.717) is 5.69 Å². The van der Waals surface area contributed by atoms with Crippen LogP contribution < -0.4 is 4.90 Å². The number of benzene rings is 1. The van der Waals surface area contributed by atoms with Gasteiger partial charge in [0.05, 0.1) is 19.3 Å². The lowest BCUT2D eigenvalue weighted by atomic mass is 10.2. The third-order valence-electron chi connectivity index (χ3n) is 2.27. The molecule has 0 aliphatic carbocycles. The number of amides is 1. The molecule has 1 amide bonds. The second-order valence-electron chi connectivity index (χ2n) is 3.69. The van der Waals surface area contributed by atoms with Crippen LogP contribution in [0.5, 0.6) is 0 Å². The molecule has 6 heteroatoms. The van der Waals surface area contributed by atoms with Crippen LogP contribution in [-0.2, 0) is 9.53 Å². The summed E-state index contributed by atoms with van der Waals surface area (Å²) in [5.74, 6) is -0.473. The monoisotopic (exact) mass is 291 g/mol. The Hall–Kier alpha value is -0.810. The number of carbonyl (C=O) groups is 1. The van der Waals surface area contributed by atoms with E-state index in [9.17, 15) is 9.90 Å². The third kappa shape index (κ3) is 4.46. The number of carbonyl (C=O) groups excluding carboxylic acids is 1. The van der Waals surface area contributed by atoms with Crippen LogP contribution in [0.4, 0.5) is 5.69 Å². The maximum Gasteiger partial charge on any atom is 0.260 e. The maximum atomic E-state index is 11.9. The third-order valence-corrected chi connectivity index (χ3v) is 2.65. The number of halogens is 2. The Morgan fingerprint density at radius 1 is 1.39 bits per heavy atom. The summed E-state index contributed by atoms with van der Waals surface area (Å²) in [4.78, 5) is 12.1. The number of para-hydroxylation sites is 1. The van der Waals surface area contributed by atoms with Gasteiger partial charge in [-0.3, -0.25) is 4.79 Å². The van der Waals surface area contributed by atoms with Crippen molar-refractivity contribution in [3.05, 3.63) is 30.3 Å². The van der Waals surface area contributed by atoms with E-state index >= 15 is 0 Å². The zero-order chi connectivity index (χ0) is 13.5. The highest BCUT2D eigenvalue weighted by molar-refractivity contribution is 6.54. The summed E-state index contributed by atoms with van der Waals surface area (Å²) in [6.45, 7) is 0.207. The van der Waals surface area contributed by atoms with Crippen LogP contribution >= 0.6 is 23.2 Å². The number of hydrogen-bond donors (Lipinski definition) is 1. The molecule has 0 aromatic heterocycles. The first-order valence-electron chi connectivity index (χ1n) is 5.37. The molecule has 0 aliphatic rings. The topological polar surface area (TPSA) is 49.8 Å². The zero-order valence-electron chi connectivity index (χ0n) is 9.92. The average Bonchev–Trinajstić information content (AvgIpc) is 2.36. The number of aliphatic hydroxyl groups excluding tert-OH is 1. The Labute approximate surface area is 116 Å². The molecule has 1 rings (SSSR count). The van der Waals surface area contributed by atoms with Gasteiger partial charge in [0.1, 0.15) is 0 Å². The number of rotatable bonds is 6. The van der Waals surface area contributed by atoms with E-state index in [2.05, 4.69) is 0 Å². The lowest BCUT2D eigenvalue weighted by molar-refractivity contribution is -0.117. The van der Waals surface area contributed by atoms with Crippen molar-refractivity contribution in [2.24, 2.45) is 0 Å². The van der Waals surface area contributed by atoms with E-state index in [0.717, 1.165) is 0 Å². The van der Waals surface area contributed by atoms with Crippen molar-refractivity contribution in [3.63, 3.8) is 0 Å². The summed E-state index contributed by atoms with van der Waals surface area (Å²) in [7, 11) is 1.48. The molecule has 100 valence electrons. The fourth-order valence-corrected chi connectivity index (χ4v) is 1.74. The number of alkyl halides is 2. The summed E-state index contributed by atoms with van der Waals surface area (Å²) in [5, 5.41) is 9.71. The number of aliphatic hydroxyl groups is 1. The molecule has 0 saturated carbocycles. The predicted octanol–water partition coefficient (Wildman–Crippen LogP) is 1.83. The molecule has 0 aliphatic heterocycles. The van der Waals surface area contributed by atoms with Gasteiger partial charge in [-0.15, -0.1) is 0 Å². The van der Waals surface area contributed by atoms with Crippen molar-refractivity contribution in [2.45, 2.75) is 10.9 Å². The first kappa shape index (κ1) is 15.2. The van der Waals surface area contributed by atoms with Crippen LogP contribution in [0.3, 0.4) is 0 Å². The summed E-state index contributed by atoms with van der Waals surface area (Å²) < 4.78 is 4.83. The van der Waals surface area contributed by atoms with Gasteiger partial charge in [0, 0.05) is 12.8 Å².